The molecule has 2 amide bonds. The molecule has 6 nitrogen and oxygen atoms in total. The van der Waals surface area contributed by atoms with Crippen molar-refractivity contribution in [1.29, 1.82) is 5.26 Å². The number of piperazine rings is 1. The predicted octanol–water partition coefficient (Wildman–Crippen LogP) is -1.45. The van der Waals surface area contributed by atoms with Crippen LogP contribution in [0.15, 0.2) is 0 Å². The number of carbonyl (C=O) groups is 2. The SMILES string of the molecule is C[C@H]1NC(=O)[C@@]2(CCN(C#N)C2)NC1=O. The minimum absolute atomic E-state index is 0.186. The fourth-order valence-corrected chi connectivity index (χ4v) is 1.98. The van der Waals surface area contributed by atoms with Crippen LogP contribution in [0.1, 0.15) is 13.3 Å². The zero-order valence-electron chi connectivity index (χ0n) is 8.41. The highest BCUT2D eigenvalue weighted by molar-refractivity contribution is 6.00. The van der Waals surface area contributed by atoms with Gasteiger partial charge in [-0.25, -0.2) is 0 Å². The van der Waals surface area contributed by atoms with E-state index in [0.717, 1.165) is 0 Å². The number of hydrogen-bond donors (Lipinski definition) is 2. The van der Waals surface area contributed by atoms with Crippen molar-refractivity contribution in [2.75, 3.05) is 13.1 Å². The Morgan fingerprint density at radius 3 is 2.93 bits per heavy atom. The highest BCUT2D eigenvalue weighted by Gasteiger charge is 2.49. The molecule has 2 aliphatic rings. The molecule has 0 bridgehead atoms. The molecule has 1 spiro atoms. The smallest absolute Gasteiger partial charge is 0.248 e. The van der Waals surface area contributed by atoms with Crippen LogP contribution < -0.4 is 10.6 Å². The van der Waals surface area contributed by atoms with Gasteiger partial charge < -0.3 is 15.5 Å². The lowest BCUT2D eigenvalue weighted by Gasteiger charge is -2.35. The third-order valence-electron chi connectivity index (χ3n) is 2.95. The second-order valence-electron chi connectivity index (χ2n) is 4.04. The molecule has 0 saturated carbocycles. The van der Waals surface area contributed by atoms with Crippen LogP contribution in [0, 0.1) is 11.5 Å². The molecule has 2 aliphatic heterocycles. The van der Waals surface area contributed by atoms with Crippen molar-refractivity contribution in [3.63, 3.8) is 0 Å². The average molecular weight is 208 g/mol. The van der Waals surface area contributed by atoms with E-state index >= 15 is 0 Å². The van der Waals surface area contributed by atoms with Crippen LogP contribution in [0.3, 0.4) is 0 Å². The largest absolute Gasteiger partial charge is 0.342 e. The van der Waals surface area contributed by atoms with Gasteiger partial charge in [0.15, 0.2) is 6.19 Å². The Kier molecular flexibility index (Phi) is 2.03. The van der Waals surface area contributed by atoms with Crippen LogP contribution in [-0.4, -0.2) is 41.4 Å². The summed E-state index contributed by atoms with van der Waals surface area (Å²) in [5, 5.41) is 14.0. The van der Waals surface area contributed by atoms with Gasteiger partial charge in [-0.1, -0.05) is 0 Å². The Hall–Kier alpha value is -1.77. The minimum Gasteiger partial charge on any atom is -0.342 e. The van der Waals surface area contributed by atoms with E-state index in [9.17, 15) is 9.59 Å². The lowest BCUT2D eigenvalue weighted by atomic mass is 9.93. The van der Waals surface area contributed by atoms with Gasteiger partial charge in [0, 0.05) is 6.54 Å². The van der Waals surface area contributed by atoms with Crippen LogP contribution in [-0.2, 0) is 9.59 Å². The number of carbonyl (C=O) groups excluding carboxylic acids is 2. The van der Waals surface area contributed by atoms with Gasteiger partial charge in [0.1, 0.15) is 11.6 Å². The van der Waals surface area contributed by atoms with Gasteiger partial charge in [-0.15, -0.1) is 0 Å². The molecule has 2 atom stereocenters. The zero-order chi connectivity index (χ0) is 11.1. The predicted molar refractivity (Wildman–Crippen MR) is 50.3 cm³/mol. The second kappa shape index (κ2) is 3.12. The Morgan fingerprint density at radius 1 is 1.60 bits per heavy atom. The summed E-state index contributed by atoms with van der Waals surface area (Å²) in [4.78, 5) is 24.7. The topological polar surface area (TPSA) is 85.2 Å². The maximum atomic E-state index is 11.8. The van der Waals surface area contributed by atoms with Crippen LogP contribution in [0.2, 0.25) is 0 Å². The van der Waals surface area contributed by atoms with Crippen molar-refractivity contribution < 1.29 is 9.59 Å². The van der Waals surface area contributed by atoms with E-state index in [2.05, 4.69) is 10.6 Å². The van der Waals surface area contributed by atoms with E-state index < -0.39 is 11.6 Å². The third kappa shape index (κ3) is 1.40. The number of amides is 2. The molecular weight excluding hydrogens is 196 g/mol. The summed E-state index contributed by atoms with van der Waals surface area (Å²) in [6.45, 7) is 2.42. The highest BCUT2D eigenvalue weighted by Crippen LogP contribution is 2.23. The summed E-state index contributed by atoms with van der Waals surface area (Å²) >= 11 is 0. The Labute approximate surface area is 87.2 Å². The molecule has 0 radical (unpaired) electrons. The monoisotopic (exact) mass is 208 g/mol. The number of nitriles is 1. The molecule has 0 unspecified atom stereocenters. The molecule has 2 fully saturated rings. The Bertz CT molecular complexity index is 362. The first-order valence-corrected chi connectivity index (χ1v) is 4.85. The number of hydrogen-bond acceptors (Lipinski definition) is 4. The fourth-order valence-electron chi connectivity index (χ4n) is 1.98. The maximum Gasteiger partial charge on any atom is 0.248 e. The van der Waals surface area contributed by atoms with Crippen molar-refractivity contribution >= 4 is 11.8 Å². The first kappa shape index (κ1) is 9.77. The van der Waals surface area contributed by atoms with E-state index in [-0.39, 0.29) is 18.4 Å². The van der Waals surface area contributed by atoms with E-state index in [4.69, 9.17) is 5.26 Å². The lowest BCUT2D eigenvalue weighted by molar-refractivity contribution is -0.140. The van der Waals surface area contributed by atoms with Crippen LogP contribution in [0.5, 0.6) is 0 Å². The quantitative estimate of drug-likeness (QED) is 0.477. The van der Waals surface area contributed by atoms with Crippen LogP contribution in [0.25, 0.3) is 0 Å². The fraction of sp³-hybridized carbons (Fsp3) is 0.667. The molecule has 80 valence electrons. The molecule has 15 heavy (non-hydrogen) atoms. The molecule has 6 heteroatoms. The highest BCUT2D eigenvalue weighted by atomic mass is 16.2. The standard InChI is InChI=1S/C9H12N4O2/c1-6-7(14)12-9(8(15)11-6)2-3-13(4-9)5-10/h6H,2-4H2,1H3,(H,11,15)(H,12,14)/t6-,9+/m1/s1. The molecule has 2 rings (SSSR count). The molecule has 0 aliphatic carbocycles. The molecule has 2 N–H and O–H groups in total. The second-order valence-corrected chi connectivity index (χ2v) is 4.04. The normalized spacial score (nSPS) is 34.9. The summed E-state index contributed by atoms with van der Waals surface area (Å²) in [6, 6.07) is -0.487. The van der Waals surface area contributed by atoms with Gasteiger partial charge in [-0.05, 0) is 13.3 Å². The molecule has 2 saturated heterocycles. The molecule has 0 aromatic carbocycles. The summed E-state index contributed by atoms with van der Waals surface area (Å²) in [7, 11) is 0. The van der Waals surface area contributed by atoms with Crippen LogP contribution >= 0.6 is 0 Å². The molecule has 2 heterocycles. The number of nitrogens with one attached hydrogen (secondary N) is 2. The number of rotatable bonds is 0. The molecule has 0 aromatic rings. The summed E-state index contributed by atoms with van der Waals surface area (Å²) in [5.41, 5.74) is -0.890. The molecular formula is C9H12N4O2. The summed E-state index contributed by atoms with van der Waals surface area (Å²) in [5.74, 6) is -0.373. The Balaban J connectivity index is 2.19. The third-order valence-corrected chi connectivity index (χ3v) is 2.95. The van der Waals surface area contributed by atoms with Gasteiger partial charge in [-0.3, -0.25) is 9.59 Å². The van der Waals surface area contributed by atoms with Crippen molar-refractivity contribution in [2.45, 2.75) is 24.9 Å². The zero-order valence-corrected chi connectivity index (χ0v) is 8.41. The van der Waals surface area contributed by atoms with Crippen molar-refractivity contribution in [3.8, 4) is 6.19 Å². The van der Waals surface area contributed by atoms with Gasteiger partial charge in [0.2, 0.25) is 11.8 Å². The van der Waals surface area contributed by atoms with Gasteiger partial charge in [-0.2, -0.15) is 5.26 Å². The Morgan fingerprint density at radius 2 is 2.33 bits per heavy atom. The van der Waals surface area contributed by atoms with Gasteiger partial charge in [0.25, 0.3) is 0 Å². The average Bonchev–Trinajstić information content (AvgIpc) is 2.60. The van der Waals surface area contributed by atoms with Crippen molar-refractivity contribution in [2.24, 2.45) is 0 Å². The number of nitrogens with zero attached hydrogens (tertiary/aromatic N) is 2. The van der Waals surface area contributed by atoms with Crippen molar-refractivity contribution in [3.05, 3.63) is 0 Å². The minimum atomic E-state index is -0.890. The molecule has 0 aromatic heterocycles. The lowest BCUT2D eigenvalue weighted by Crippen LogP contribution is -2.69. The van der Waals surface area contributed by atoms with E-state index in [1.165, 1.54) is 4.90 Å². The first-order chi connectivity index (χ1) is 7.07. The van der Waals surface area contributed by atoms with Crippen LogP contribution in [0.4, 0.5) is 0 Å². The maximum absolute atomic E-state index is 11.8. The van der Waals surface area contributed by atoms with Gasteiger partial charge in [0.05, 0.1) is 6.54 Å². The van der Waals surface area contributed by atoms with E-state index in [0.29, 0.717) is 13.0 Å². The van der Waals surface area contributed by atoms with E-state index in [1.807, 2.05) is 6.19 Å². The first-order valence-electron chi connectivity index (χ1n) is 4.85. The van der Waals surface area contributed by atoms with Crippen molar-refractivity contribution in [1.82, 2.24) is 15.5 Å². The summed E-state index contributed by atoms with van der Waals surface area (Å²) in [6.07, 6.45) is 2.48. The van der Waals surface area contributed by atoms with E-state index in [1.54, 1.807) is 6.92 Å². The number of likely N-dealkylation sites (tertiary alicyclic amines) is 1. The summed E-state index contributed by atoms with van der Waals surface area (Å²) < 4.78 is 0. The van der Waals surface area contributed by atoms with Gasteiger partial charge >= 0.3 is 0 Å².